The highest BCUT2D eigenvalue weighted by Crippen LogP contribution is 2.29. The molecule has 1 aromatic heterocycles. The van der Waals surface area contributed by atoms with Gasteiger partial charge >= 0.3 is 12.1 Å². The lowest BCUT2D eigenvalue weighted by Crippen LogP contribution is -2.48. The van der Waals surface area contributed by atoms with Gasteiger partial charge in [0.1, 0.15) is 6.54 Å². The van der Waals surface area contributed by atoms with Gasteiger partial charge < -0.3 is 9.64 Å². The molecule has 0 spiro atoms. The first kappa shape index (κ1) is 21.6. The van der Waals surface area contributed by atoms with E-state index >= 15 is 0 Å². The molecule has 0 aromatic carbocycles. The molecule has 1 aromatic rings. The van der Waals surface area contributed by atoms with Crippen LogP contribution in [-0.4, -0.2) is 65.2 Å². The lowest BCUT2D eigenvalue weighted by atomic mass is 10.1. The molecule has 2 aliphatic rings. The summed E-state index contributed by atoms with van der Waals surface area (Å²) < 4.78 is 67.0. The van der Waals surface area contributed by atoms with Gasteiger partial charge in [0.25, 0.3) is 5.91 Å². The van der Waals surface area contributed by atoms with Crippen molar-refractivity contribution >= 4 is 21.7 Å². The van der Waals surface area contributed by atoms with Gasteiger partial charge in [-0.3, -0.25) is 14.3 Å². The molecule has 1 amide bonds. The first-order valence-corrected chi connectivity index (χ1v) is 11.2. The summed E-state index contributed by atoms with van der Waals surface area (Å²) in [6.45, 7) is -1.15. The van der Waals surface area contributed by atoms with Gasteiger partial charge in [0.15, 0.2) is 22.1 Å². The molecular weight excluding hydrogens is 415 g/mol. The molecule has 12 heteroatoms. The Morgan fingerprint density at radius 2 is 1.90 bits per heavy atom. The first-order valence-electron chi connectivity index (χ1n) is 9.33. The second-order valence-electron chi connectivity index (χ2n) is 7.35. The van der Waals surface area contributed by atoms with Crippen LogP contribution < -0.4 is 0 Å². The Bertz CT molecular complexity index is 862. The average molecular weight is 437 g/mol. The Hall–Kier alpha value is -2.11. The maximum absolute atomic E-state index is 12.7. The summed E-state index contributed by atoms with van der Waals surface area (Å²) >= 11 is 0. The van der Waals surface area contributed by atoms with Crippen molar-refractivity contribution in [2.45, 2.75) is 56.9 Å². The summed E-state index contributed by atoms with van der Waals surface area (Å²) in [5, 5.41) is 3.25. The van der Waals surface area contributed by atoms with Crippen LogP contribution in [0.3, 0.4) is 0 Å². The number of sulfone groups is 1. The summed E-state index contributed by atoms with van der Waals surface area (Å²) in [7, 11) is -3.19. The Labute approximate surface area is 165 Å². The largest absolute Gasteiger partial charge is 0.454 e. The molecule has 1 saturated carbocycles. The molecule has 2 heterocycles. The second kappa shape index (κ2) is 8.33. The van der Waals surface area contributed by atoms with Crippen LogP contribution in [0.4, 0.5) is 13.2 Å². The molecule has 1 aliphatic carbocycles. The predicted octanol–water partition coefficient (Wildman–Crippen LogP) is 1.40. The zero-order valence-electron chi connectivity index (χ0n) is 15.6. The van der Waals surface area contributed by atoms with E-state index < -0.39 is 52.8 Å². The number of hydrogen-bond acceptors (Lipinski definition) is 6. The number of ether oxygens (including phenoxy) is 1. The van der Waals surface area contributed by atoms with Crippen LogP contribution in [0.2, 0.25) is 0 Å². The molecule has 29 heavy (non-hydrogen) atoms. The van der Waals surface area contributed by atoms with Gasteiger partial charge in [-0.1, -0.05) is 12.8 Å². The Kier molecular flexibility index (Phi) is 6.20. The minimum atomic E-state index is -4.62. The highest BCUT2D eigenvalue weighted by Gasteiger charge is 2.39. The van der Waals surface area contributed by atoms with Crippen molar-refractivity contribution in [1.29, 1.82) is 0 Å². The zero-order chi connectivity index (χ0) is 21.2. The maximum Gasteiger partial charge on any atom is 0.435 e. The Balaban J connectivity index is 1.58. The van der Waals surface area contributed by atoms with E-state index in [1.54, 1.807) is 4.90 Å². The van der Waals surface area contributed by atoms with E-state index in [1.165, 1.54) is 0 Å². The molecule has 3 rings (SSSR count). The molecule has 0 N–H and O–H groups in total. The third kappa shape index (κ3) is 5.49. The van der Waals surface area contributed by atoms with Gasteiger partial charge in [-0.25, -0.2) is 8.42 Å². The fourth-order valence-electron chi connectivity index (χ4n) is 3.88. The van der Waals surface area contributed by atoms with Gasteiger partial charge in [0, 0.05) is 18.3 Å². The molecule has 162 valence electrons. The molecule has 2 fully saturated rings. The van der Waals surface area contributed by atoms with Crippen LogP contribution in [-0.2, 0) is 36.9 Å². The van der Waals surface area contributed by atoms with E-state index in [0.717, 1.165) is 42.6 Å². The summed E-state index contributed by atoms with van der Waals surface area (Å²) in [5.41, 5.74) is -1.13. The van der Waals surface area contributed by atoms with Crippen molar-refractivity contribution in [3.63, 3.8) is 0 Å². The molecule has 8 nitrogen and oxygen atoms in total. The number of hydrogen-bond donors (Lipinski definition) is 0. The van der Waals surface area contributed by atoms with Gasteiger partial charge in [0.2, 0.25) is 0 Å². The first-order chi connectivity index (χ1) is 13.5. The monoisotopic (exact) mass is 437 g/mol. The van der Waals surface area contributed by atoms with Crippen LogP contribution >= 0.6 is 0 Å². The lowest BCUT2D eigenvalue weighted by molar-refractivity contribution is -0.154. The molecule has 1 atom stereocenters. The van der Waals surface area contributed by atoms with E-state index in [9.17, 15) is 31.2 Å². The summed E-state index contributed by atoms with van der Waals surface area (Å²) in [4.78, 5) is 26.2. The van der Waals surface area contributed by atoms with Crippen LogP contribution in [0.25, 0.3) is 0 Å². The van der Waals surface area contributed by atoms with Crippen LogP contribution in [0.1, 0.15) is 37.8 Å². The van der Waals surface area contributed by atoms with Gasteiger partial charge in [-0.2, -0.15) is 18.3 Å². The highest BCUT2D eigenvalue weighted by atomic mass is 32.2. The number of alkyl halides is 3. The average Bonchev–Trinajstić information content (AvgIpc) is 3.34. The number of halogens is 3. The smallest absolute Gasteiger partial charge is 0.435 e. The third-order valence-electron chi connectivity index (χ3n) is 5.19. The minimum absolute atomic E-state index is 0.0226. The van der Waals surface area contributed by atoms with E-state index in [-0.39, 0.29) is 17.5 Å². The van der Waals surface area contributed by atoms with E-state index in [2.05, 4.69) is 5.10 Å². The zero-order valence-corrected chi connectivity index (χ0v) is 16.4. The van der Waals surface area contributed by atoms with Gasteiger partial charge in [-0.05, 0) is 25.3 Å². The summed E-state index contributed by atoms with van der Waals surface area (Å²) in [6.07, 6.45) is 0.150. The van der Waals surface area contributed by atoms with Crippen molar-refractivity contribution in [2.75, 3.05) is 18.1 Å². The van der Waals surface area contributed by atoms with Crippen molar-refractivity contribution < 1.29 is 35.9 Å². The van der Waals surface area contributed by atoms with Gasteiger partial charge in [0.05, 0.1) is 11.5 Å². The number of rotatable bonds is 6. The lowest BCUT2D eigenvalue weighted by Gasteiger charge is -2.33. The quantitative estimate of drug-likeness (QED) is 0.624. The fraction of sp³-hybridized carbons (Fsp3) is 0.706. The number of esters is 1. The molecule has 1 saturated heterocycles. The SMILES string of the molecule is O=C(Cn1ccc(C(F)(F)F)n1)OCC(=O)N(C1CCCC1)C1CCS(=O)(=O)C1. The fourth-order valence-corrected chi connectivity index (χ4v) is 5.59. The standard InChI is InChI=1S/C17H22F3N3O5S/c18-17(19,20)14-5-7-22(21-14)9-16(25)28-10-15(24)23(12-3-1-2-4-12)13-6-8-29(26,27)11-13/h5,7,12-13H,1-4,6,8-11H2. The Morgan fingerprint density at radius 3 is 2.45 bits per heavy atom. The molecule has 0 bridgehead atoms. The predicted molar refractivity (Wildman–Crippen MR) is 94.3 cm³/mol. The van der Waals surface area contributed by atoms with E-state index in [4.69, 9.17) is 4.74 Å². The normalized spacial score (nSPS) is 22.0. The van der Waals surface area contributed by atoms with Crippen LogP contribution in [0.15, 0.2) is 12.3 Å². The number of carbonyl (C=O) groups is 2. The molecular formula is C17H22F3N3O5S. The molecule has 1 aliphatic heterocycles. The second-order valence-corrected chi connectivity index (χ2v) is 9.58. The van der Waals surface area contributed by atoms with E-state index in [0.29, 0.717) is 6.42 Å². The number of carbonyl (C=O) groups excluding carboxylic acids is 2. The van der Waals surface area contributed by atoms with E-state index in [1.807, 2.05) is 0 Å². The van der Waals surface area contributed by atoms with Gasteiger partial charge in [-0.15, -0.1) is 0 Å². The minimum Gasteiger partial charge on any atom is -0.454 e. The van der Waals surface area contributed by atoms with Crippen molar-refractivity contribution in [1.82, 2.24) is 14.7 Å². The maximum atomic E-state index is 12.7. The van der Waals surface area contributed by atoms with Crippen LogP contribution in [0, 0.1) is 0 Å². The van der Waals surface area contributed by atoms with Crippen molar-refractivity contribution in [3.8, 4) is 0 Å². The van der Waals surface area contributed by atoms with Crippen molar-refractivity contribution in [3.05, 3.63) is 18.0 Å². The number of nitrogens with zero attached hydrogens (tertiary/aromatic N) is 3. The van der Waals surface area contributed by atoms with Crippen molar-refractivity contribution in [2.24, 2.45) is 0 Å². The highest BCUT2D eigenvalue weighted by molar-refractivity contribution is 7.91. The summed E-state index contributed by atoms with van der Waals surface area (Å²) in [5.74, 6) is -1.46. The molecule has 0 radical (unpaired) electrons. The number of amides is 1. The Morgan fingerprint density at radius 1 is 1.21 bits per heavy atom. The summed E-state index contributed by atoms with van der Waals surface area (Å²) in [6, 6.07) is 0.218. The topological polar surface area (TPSA) is 98.6 Å². The number of aromatic nitrogens is 2. The molecule has 1 unspecified atom stereocenters. The van der Waals surface area contributed by atoms with Crippen LogP contribution in [0.5, 0.6) is 0 Å². The third-order valence-corrected chi connectivity index (χ3v) is 6.94.